The molecule has 0 saturated carbocycles. The van der Waals surface area contributed by atoms with Crippen molar-refractivity contribution in [3.63, 3.8) is 0 Å². The van der Waals surface area contributed by atoms with E-state index in [9.17, 15) is 0 Å². The molecule has 0 aliphatic heterocycles. The molecule has 0 N–H and O–H groups in total. The van der Waals surface area contributed by atoms with Gasteiger partial charge in [-0.05, 0) is 96.4 Å². The lowest BCUT2D eigenvalue weighted by Gasteiger charge is -2.19. The van der Waals surface area contributed by atoms with E-state index in [0.29, 0.717) is 0 Å². The van der Waals surface area contributed by atoms with Gasteiger partial charge in [-0.1, -0.05) is 163 Å². The molecule has 50 heavy (non-hydrogen) atoms. The van der Waals surface area contributed by atoms with E-state index in [2.05, 4.69) is 177 Å². The summed E-state index contributed by atoms with van der Waals surface area (Å²) in [6, 6.07) is 64.0. The van der Waals surface area contributed by atoms with Crippen LogP contribution in [0.15, 0.2) is 180 Å². The summed E-state index contributed by atoms with van der Waals surface area (Å²) in [6.07, 6.45) is 0. The molecule has 10 rings (SSSR count). The first kappa shape index (κ1) is 28.6. The van der Waals surface area contributed by atoms with Gasteiger partial charge in [0.1, 0.15) is 11.2 Å². The summed E-state index contributed by atoms with van der Waals surface area (Å²) in [5, 5.41) is 9.76. The Kier molecular flexibility index (Phi) is 6.47. The average Bonchev–Trinajstić information content (AvgIpc) is 3.55. The van der Waals surface area contributed by atoms with E-state index in [4.69, 9.17) is 4.42 Å². The van der Waals surface area contributed by atoms with Gasteiger partial charge in [0.05, 0.1) is 0 Å². The molecule has 0 radical (unpaired) electrons. The van der Waals surface area contributed by atoms with E-state index in [0.717, 1.165) is 33.1 Å². The molecular formula is C49H32O. The second-order valence-electron chi connectivity index (χ2n) is 13.3. The van der Waals surface area contributed by atoms with Crippen LogP contribution in [0.25, 0.3) is 98.8 Å². The predicted octanol–water partition coefficient (Wildman–Crippen LogP) is 14.0. The number of furan rings is 1. The van der Waals surface area contributed by atoms with Crippen LogP contribution in [0.1, 0.15) is 5.56 Å². The van der Waals surface area contributed by atoms with Crippen LogP contribution < -0.4 is 0 Å². The lowest BCUT2D eigenvalue weighted by Crippen LogP contribution is -1.92. The van der Waals surface area contributed by atoms with Crippen molar-refractivity contribution in [1.29, 1.82) is 0 Å². The topological polar surface area (TPSA) is 13.1 Å². The highest BCUT2D eigenvalue weighted by molar-refractivity contribution is 6.23. The van der Waals surface area contributed by atoms with E-state index in [1.165, 1.54) is 71.3 Å². The highest BCUT2D eigenvalue weighted by Gasteiger charge is 2.20. The standard InChI is InChI=1S/C49H32O/c1-31-21-23-34(24-22-31)44-29-36(30-45-39-14-8-9-20-46(39)50-49(44)45)48-42-17-6-4-15-40(42)47(41-16-5-7-18-43(41)48)35-27-25-33(26-28-35)38-19-10-12-32-11-2-3-13-37(32)38/h2-30H,1H3. The zero-order valence-corrected chi connectivity index (χ0v) is 27.7. The Labute approximate surface area is 290 Å². The number of aryl methyl sites for hydroxylation is 1. The van der Waals surface area contributed by atoms with Gasteiger partial charge in [0.2, 0.25) is 0 Å². The van der Waals surface area contributed by atoms with Crippen LogP contribution in [-0.4, -0.2) is 0 Å². The SMILES string of the molecule is Cc1ccc(-c2cc(-c3c4ccccc4c(-c4ccc(-c5cccc6ccccc56)cc4)c4ccccc34)cc3c2oc2ccccc23)cc1. The molecule has 0 fully saturated rings. The summed E-state index contributed by atoms with van der Waals surface area (Å²) in [5.41, 5.74) is 12.7. The van der Waals surface area contributed by atoms with Crippen LogP contribution in [0.4, 0.5) is 0 Å². The van der Waals surface area contributed by atoms with Crippen molar-refractivity contribution in [2.24, 2.45) is 0 Å². The van der Waals surface area contributed by atoms with Gasteiger partial charge in [-0.15, -0.1) is 0 Å². The van der Waals surface area contributed by atoms with Gasteiger partial charge < -0.3 is 4.42 Å². The molecule has 1 heteroatoms. The maximum Gasteiger partial charge on any atom is 0.143 e. The number of fused-ring (bicyclic) bond motifs is 6. The van der Waals surface area contributed by atoms with Crippen LogP contribution in [0.3, 0.4) is 0 Å². The lowest BCUT2D eigenvalue weighted by atomic mass is 9.84. The van der Waals surface area contributed by atoms with Gasteiger partial charge in [0, 0.05) is 16.3 Å². The third kappa shape index (κ3) is 4.48. The van der Waals surface area contributed by atoms with E-state index in [1.54, 1.807) is 0 Å². The van der Waals surface area contributed by atoms with Crippen LogP contribution in [0.5, 0.6) is 0 Å². The maximum atomic E-state index is 6.58. The van der Waals surface area contributed by atoms with Crippen LogP contribution in [0, 0.1) is 6.92 Å². The van der Waals surface area contributed by atoms with Crippen molar-refractivity contribution < 1.29 is 4.42 Å². The largest absolute Gasteiger partial charge is 0.455 e. The second-order valence-corrected chi connectivity index (χ2v) is 13.3. The van der Waals surface area contributed by atoms with Gasteiger partial charge in [0.25, 0.3) is 0 Å². The van der Waals surface area contributed by atoms with Gasteiger partial charge in [-0.25, -0.2) is 0 Å². The van der Waals surface area contributed by atoms with E-state index in [-0.39, 0.29) is 0 Å². The van der Waals surface area contributed by atoms with Crippen molar-refractivity contribution in [3.05, 3.63) is 181 Å². The number of para-hydroxylation sites is 1. The third-order valence-electron chi connectivity index (χ3n) is 10.3. The monoisotopic (exact) mass is 636 g/mol. The minimum Gasteiger partial charge on any atom is -0.455 e. The Morgan fingerprint density at radius 2 is 0.840 bits per heavy atom. The normalized spacial score (nSPS) is 11.7. The Balaban J connectivity index is 1.23. The van der Waals surface area contributed by atoms with Crippen molar-refractivity contribution >= 4 is 54.3 Å². The Morgan fingerprint density at radius 3 is 1.52 bits per heavy atom. The molecule has 234 valence electrons. The molecule has 1 heterocycles. The molecule has 9 aromatic carbocycles. The molecule has 10 aromatic rings. The molecule has 1 nitrogen and oxygen atoms in total. The number of hydrogen-bond acceptors (Lipinski definition) is 1. The molecular weight excluding hydrogens is 605 g/mol. The van der Waals surface area contributed by atoms with Gasteiger partial charge in [-0.2, -0.15) is 0 Å². The molecule has 0 spiro atoms. The lowest BCUT2D eigenvalue weighted by molar-refractivity contribution is 0.670. The summed E-state index contributed by atoms with van der Waals surface area (Å²) in [6.45, 7) is 2.13. The smallest absolute Gasteiger partial charge is 0.143 e. The Bertz CT molecular complexity index is 2840. The van der Waals surface area contributed by atoms with Crippen molar-refractivity contribution in [1.82, 2.24) is 0 Å². The average molecular weight is 637 g/mol. The summed E-state index contributed by atoms with van der Waals surface area (Å²) < 4.78 is 6.58. The number of benzene rings is 9. The fourth-order valence-electron chi connectivity index (χ4n) is 7.96. The summed E-state index contributed by atoms with van der Waals surface area (Å²) in [4.78, 5) is 0. The predicted molar refractivity (Wildman–Crippen MR) is 213 cm³/mol. The molecule has 0 saturated heterocycles. The Morgan fingerprint density at radius 1 is 0.340 bits per heavy atom. The number of rotatable bonds is 4. The van der Waals surface area contributed by atoms with Gasteiger partial charge >= 0.3 is 0 Å². The molecule has 0 atom stereocenters. The van der Waals surface area contributed by atoms with E-state index < -0.39 is 0 Å². The third-order valence-corrected chi connectivity index (χ3v) is 10.3. The number of hydrogen-bond donors (Lipinski definition) is 0. The first-order valence-electron chi connectivity index (χ1n) is 17.3. The van der Waals surface area contributed by atoms with Gasteiger partial charge in [0.15, 0.2) is 0 Å². The fourth-order valence-corrected chi connectivity index (χ4v) is 7.96. The zero-order valence-electron chi connectivity index (χ0n) is 27.7. The Hall–Kier alpha value is -6.44. The molecule has 0 aliphatic carbocycles. The van der Waals surface area contributed by atoms with Crippen LogP contribution in [0.2, 0.25) is 0 Å². The quantitative estimate of drug-likeness (QED) is 0.175. The molecule has 0 aliphatic rings. The van der Waals surface area contributed by atoms with Crippen molar-refractivity contribution in [2.45, 2.75) is 6.92 Å². The first-order valence-corrected chi connectivity index (χ1v) is 17.3. The summed E-state index contributed by atoms with van der Waals surface area (Å²) in [7, 11) is 0. The van der Waals surface area contributed by atoms with Gasteiger partial charge in [-0.3, -0.25) is 0 Å². The van der Waals surface area contributed by atoms with E-state index in [1.807, 2.05) is 6.07 Å². The molecule has 0 amide bonds. The minimum atomic E-state index is 0.907. The summed E-state index contributed by atoms with van der Waals surface area (Å²) >= 11 is 0. The zero-order chi connectivity index (χ0) is 33.2. The minimum absolute atomic E-state index is 0.907. The van der Waals surface area contributed by atoms with E-state index >= 15 is 0 Å². The van der Waals surface area contributed by atoms with Crippen LogP contribution >= 0.6 is 0 Å². The second kappa shape index (κ2) is 11.3. The van der Waals surface area contributed by atoms with Crippen molar-refractivity contribution in [3.8, 4) is 44.5 Å². The van der Waals surface area contributed by atoms with Crippen LogP contribution in [-0.2, 0) is 0 Å². The molecule has 1 aromatic heterocycles. The maximum absolute atomic E-state index is 6.58. The molecule has 0 bridgehead atoms. The summed E-state index contributed by atoms with van der Waals surface area (Å²) in [5.74, 6) is 0. The first-order chi connectivity index (χ1) is 24.7. The van der Waals surface area contributed by atoms with Crippen molar-refractivity contribution in [2.75, 3.05) is 0 Å². The molecule has 0 unspecified atom stereocenters. The highest BCUT2D eigenvalue weighted by atomic mass is 16.3. The fraction of sp³-hybridized carbons (Fsp3) is 0.0204. The highest BCUT2D eigenvalue weighted by Crippen LogP contribution is 2.47.